The second-order valence-electron chi connectivity index (χ2n) is 4.76. The summed E-state index contributed by atoms with van der Waals surface area (Å²) >= 11 is 7.56. The van der Waals surface area contributed by atoms with Crippen molar-refractivity contribution >= 4 is 28.1 Å². The Morgan fingerprint density at radius 1 is 1.39 bits per heavy atom. The average Bonchev–Trinajstić information content (AvgIpc) is 2.64. The van der Waals surface area contributed by atoms with E-state index in [9.17, 15) is 0 Å². The molecule has 0 spiro atoms. The van der Waals surface area contributed by atoms with Crippen LogP contribution in [-0.4, -0.2) is 4.98 Å². The first-order valence-corrected chi connectivity index (χ1v) is 7.17. The highest BCUT2D eigenvalue weighted by molar-refractivity contribution is 7.15. The largest absolute Gasteiger partial charge is 0.375 e. The van der Waals surface area contributed by atoms with Gasteiger partial charge in [0.2, 0.25) is 0 Å². The molecule has 0 aliphatic heterocycles. The molecular weight excluding hydrogens is 264 g/mol. The van der Waals surface area contributed by atoms with Gasteiger partial charge in [0.1, 0.15) is 0 Å². The number of thiazole rings is 1. The second kappa shape index (κ2) is 5.29. The van der Waals surface area contributed by atoms with Gasteiger partial charge in [0, 0.05) is 16.3 Å². The molecule has 0 aliphatic rings. The number of aromatic nitrogens is 1. The molecule has 0 amide bonds. The van der Waals surface area contributed by atoms with Crippen molar-refractivity contribution < 1.29 is 0 Å². The molecule has 0 radical (unpaired) electrons. The van der Waals surface area contributed by atoms with E-state index in [-0.39, 0.29) is 0 Å². The number of halogens is 1. The number of nitrogens with two attached hydrogens (primary N) is 1. The lowest BCUT2D eigenvalue weighted by atomic mass is 10.0. The second-order valence-corrected chi connectivity index (χ2v) is 6.31. The smallest absolute Gasteiger partial charge is 0.180 e. The van der Waals surface area contributed by atoms with E-state index in [4.69, 9.17) is 17.3 Å². The van der Waals surface area contributed by atoms with E-state index in [1.807, 2.05) is 12.1 Å². The fourth-order valence-corrected chi connectivity index (χ4v) is 3.23. The number of hydrogen-bond donors (Lipinski definition) is 1. The number of aryl methyl sites for hydroxylation is 1. The first-order chi connectivity index (χ1) is 8.47. The van der Waals surface area contributed by atoms with Crippen molar-refractivity contribution in [3.8, 4) is 0 Å². The van der Waals surface area contributed by atoms with Crippen molar-refractivity contribution in [3.05, 3.63) is 44.9 Å². The zero-order valence-electron chi connectivity index (χ0n) is 10.8. The van der Waals surface area contributed by atoms with Crippen LogP contribution in [0.2, 0.25) is 5.02 Å². The Kier molecular flexibility index (Phi) is 3.93. The van der Waals surface area contributed by atoms with Gasteiger partial charge in [0.15, 0.2) is 5.13 Å². The first kappa shape index (κ1) is 13.4. The molecule has 2 N–H and O–H groups in total. The maximum absolute atomic E-state index is 5.98. The fourth-order valence-electron chi connectivity index (χ4n) is 1.99. The van der Waals surface area contributed by atoms with Crippen molar-refractivity contribution in [2.75, 3.05) is 5.73 Å². The number of benzene rings is 1. The Labute approximate surface area is 117 Å². The van der Waals surface area contributed by atoms with Gasteiger partial charge in [0.25, 0.3) is 0 Å². The summed E-state index contributed by atoms with van der Waals surface area (Å²) in [6.07, 6.45) is 0.880. The minimum atomic E-state index is 0.404. The molecule has 0 saturated carbocycles. The summed E-state index contributed by atoms with van der Waals surface area (Å²) in [5.41, 5.74) is 9.43. The Morgan fingerprint density at radius 2 is 2.11 bits per heavy atom. The van der Waals surface area contributed by atoms with Crippen LogP contribution >= 0.6 is 22.9 Å². The molecule has 1 aromatic heterocycles. The quantitative estimate of drug-likeness (QED) is 0.905. The predicted octanol–water partition coefficient (Wildman–Crippen LogP) is 4.40. The van der Waals surface area contributed by atoms with Gasteiger partial charge in [-0.2, -0.15) is 0 Å². The van der Waals surface area contributed by atoms with Gasteiger partial charge in [-0.25, -0.2) is 4.98 Å². The van der Waals surface area contributed by atoms with E-state index in [2.05, 4.69) is 31.8 Å². The average molecular weight is 281 g/mol. The Hall–Kier alpha value is -1.06. The summed E-state index contributed by atoms with van der Waals surface area (Å²) in [5.74, 6) is 0.404. The Balaban J connectivity index is 2.33. The van der Waals surface area contributed by atoms with Gasteiger partial charge >= 0.3 is 0 Å². The van der Waals surface area contributed by atoms with Crippen molar-refractivity contribution in [1.29, 1.82) is 0 Å². The summed E-state index contributed by atoms with van der Waals surface area (Å²) in [6.45, 7) is 6.38. The maximum Gasteiger partial charge on any atom is 0.180 e. The lowest BCUT2D eigenvalue weighted by Gasteiger charge is -2.08. The molecule has 2 aromatic rings. The third kappa shape index (κ3) is 2.85. The molecule has 0 atom stereocenters. The summed E-state index contributed by atoms with van der Waals surface area (Å²) in [4.78, 5) is 5.68. The van der Waals surface area contributed by atoms with Crippen LogP contribution in [0.4, 0.5) is 5.13 Å². The molecule has 2 rings (SSSR count). The number of hydrogen-bond acceptors (Lipinski definition) is 3. The van der Waals surface area contributed by atoms with Crippen LogP contribution in [0.25, 0.3) is 0 Å². The molecule has 1 aromatic carbocycles. The van der Waals surface area contributed by atoms with Gasteiger partial charge in [0.05, 0.1) is 5.69 Å². The lowest BCUT2D eigenvalue weighted by Crippen LogP contribution is -1.96. The van der Waals surface area contributed by atoms with Crippen LogP contribution < -0.4 is 5.73 Å². The SMILES string of the molecule is Cc1cc(Cl)ccc1Cc1sc(N)nc1C(C)C. The van der Waals surface area contributed by atoms with Crippen molar-refractivity contribution in [3.63, 3.8) is 0 Å². The molecule has 4 heteroatoms. The van der Waals surface area contributed by atoms with Crippen LogP contribution in [0.3, 0.4) is 0 Å². The highest BCUT2D eigenvalue weighted by Crippen LogP contribution is 2.29. The van der Waals surface area contributed by atoms with Crippen molar-refractivity contribution in [2.24, 2.45) is 0 Å². The number of nitrogen functional groups attached to an aromatic ring is 1. The van der Waals surface area contributed by atoms with Gasteiger partial charge < -0.3 is 5.73 Å². The highest BCUT2D eigenvalue weighted by Gasteiger charge is 2.14. The number of nitrogens with zero attached hydrogens (tertiary/aromatic N) is 1. The summed E-state index contributed by atoms with van der Waals surface area (Å²) in [7, 11) is 0. The van der Waals surface area contributed by atoms with Gasteiger partial charge in [-0.15, -0.1) is 11.3 Å². The van der Waals surface area contributed by atoms with E-state index in [1.54, 1.807) is 11.3 Å². The topological polar surface area (TPSA) is 38.9 Å². The summed E-state index contributed by atoms with van der Waals surface area (Å²) < 4.78 is 0. The molecule has 0 bridgehead atoms. The minimum Gasteiger partial charge on any atom is -0.375 e. The van der Waals surface area contributed by atoms with Gasteiger partial charge in [-0.05, 0) is 36.1 Å². The van der Waals surface area contributed by atoms with Crippen LogP contribution in [0.5, 0.6) is 0 Å². The monoisotopic (exact) mass is 280 g/mol. The normalized spacial score (nSPS) is 11.2. The van der Waals surface area contributed by atoms with Crippen molar-refractivity contribution in [1.82, 2.24) is 4.98 Å². The molecule has 2 nitrogen and oxygen atoms in total. The highest BCUT2D eigenvalue weighted by atomic mass is 35.5. The van der Waals surface area contributed by atoms with Crippen LogP contribution in [0, 0.1) is 6.92 Å². The van der Waals surface area contributed by atoms with E-state index in [0.717, 1.165) is 17.1 Å². The summed E-state index contributed by atoms with van der Waals surface area (Å²) in [6, 6.07) is 6.01. The minimum absolute atomic E-state index is 0.404. The molecular formula is C14H17ClN2S. The van der Waals surface area contributed by atoms with E-state index < -0.39 is 0 Å². The Morgan fingerprint density at radius 3 is 2.72 bits per heavy atom. The molecule has 96 valence electrons. The molecule has 0 fully saturated rings. The molecule has 0 unspecified atom stereocenters. The molecule has 18 heavy (non-hydrogen) atoms. The van der Waals surface area contributed by atoms with Gasteiger partial charge in [-0.3, -0.25) is 0 Å². The third-order valence-electron chi connectivity index (χ3n) is 2.95. The van der Waals surface area contributed by atoms with E-state index in [1.165, 1.54) is 16.0 Å². The van der Waals surface area contributed by atoms with Crippen LogP contribution in [0.15, 0.2) is 18.2 Å². The number of anilines is 1. The first-order valence-electron chi connectivity index (χ1n) is 5.97. The van der Waals surface area contributed by atoms with Gasteiger partial charge in [-0.1, -0.05) is 31.5 Å². The zero-order chi connectivity index (χ0) is 13.3. The predicted molar refractivity (Wildman–Crippen MR) is 79.6 cm³/mol. The lowest BCUT2D eigenvalue weighted by molar-refractivity contribution is 0.820. The molecule has 1 heterocycles. The molecule has 0 saturated heterocycles. The standard InChI is InChI=1S/C14H17ClN2S/c1-8(2)13-12(18-14(16)17-13)7-10-4-5-11(15)6-9(10)3/h4-6,8H,7H2,1-3H3,(H2,16,17). The Bertz CT molecular complexity index is 561. The maximum atomic E-state index is 5.98. The van der Waals surface area contributed by atoms with Crippen LogP contribution in [-0.2, 0) is 6.42 Å². The third-order valence-corrected chi connectivity index (χ3v) is 4.08. The molecule has 0 aliphatic carbocycles. The fraction of sp³-hybridized carbons (Fsp3) is 0.357. The summed E-state index contributed by atoms with van der Waals surface area (Å²) in [5, 5.41) is 1.43. The van der Waals surface area contributed by atoms with E-state index in [0.29, 0.717) is 11.0 Å². The van der Waals surface area contributed by atoms with Crippen LogP contribution in [0.1, 0.15) is 41.5 Å². The zero-order valence-corrected chi connectivity index (χ0v) is 12.4. The number of rotatable bonds is 3. The van der Waals surface area contributed by atoms with E-state index >= 15 is 0 Å². The van der Waals surface area contributed by atoms with Crippen molar-refractivity contribution in [2.45, 2.75) is 33.1 Å².